The SMILES string of the molecule is CCOC(=O)CN(c1cccc(Cl)c1C(N)=S)C(C)C. The van der Waals surface area contributed by atoms with E-state index in [0.717, 1.165) is 5.69 Å². The minimum absolute atomic E-state index is 0.0750. The van der Waals surface area contributed by atoms with Crippen molar-refractivity contribution < 1.29 is 9.53 Å². The molecule has 20 heavy (non-hydrogen) atoms. The van der Waals surface area contributed by atoms with E-state index in [0.29, 0.717) is 17.2 Å². The van der Waals surface area contributed by atoms with Crippen molar-refractivity contribution in [2.45, 2.75) is 26.8 Å². The van der Waals surface area contributed by atoms with Crippen LogP contribution in [-0.4, -0.2) is 30.2 Å². The standard InChI is InChI=1S/C14H19ClN2O2S/c1-4-19-12(18)8-17(9(2)3)11-7-5-6-10(15)13(11)14(16)20/h5-7,9H,4,8H2,1-3H3,(H2,16,20). The van der Waals surface area contributed by atoms with Crippen molar-refractivity contribution in [1.82, 2.24) is 0 Å². The number of ether oxygens (including phenoxy) is 1. The maximum absolute atomic E-state index is 11.7. The molecule has 0 fully saturated rings. The van der Waals surface area contributed by atoms with Crippen LogP contribution in [0.25, 0.3) is 0 Å². The number of anilines is 1. The van der Waals surface area contributed by atoms with Crippen LogP contribution >= 0.6 is 23.8 Å². The van der Waals surface area contributed by atoms with Gasteiger partial charge in [0.05, 0.1) is 17.2 Å². The van der Waals surface area contributed by atoms with Crippen molar-refractivity contribution in [2.75, 3.05) is 18.1 Å². The zero-order chi connectivity index (χ0) is 15.3. The maximum atomic E-state index is 11.7. The molecule has 0 aromatic heterocycles. The van der Waals surface area contributed by atoms with Crippen molar-refractivity contribution >= 4 is 40.5 Å². The molecular weight excluding hydrogens is 296 g/mol. The van der Waals surface area contributed by atoms with Crippen LogP contribution in [0.1, 0.15) is 26.3 Å². The van der Waals surface area contributed by atoms with Crippen LogP contribution in [0.15, 0.2) is 18.2 Å². The molecule has 0 bridgehead atoms. The van der Waals surface area contributed by atoms with Gasteiger partial charge in [-0.15, -0.1) is 0 Å². The highest BCUT2D eigenvalue weighted by atomic mass is 35.5. The summed E-state index contributed by atoms with van der Waals surface area (Å²) in [5.74, 6) is -0.296. The second kappa shape index (κ2) is 7.45. The number of hydrogen-bond acceptors (Lipinski definition) is 4. The second-order valence-electron chi connectivity index (χ2n) is 4.52. The van der Waals surface area contributed by atoms with Crippen LogP contribution in [0.4, 0.5) is 5.69 Å². The third-order valence-corrected chi connectivity index (χ3v) is 3.29. The molecule has 0 aliphatic heterocycles. The van der Waals surface area contributed by atoms with Gasteiger partial charge in [-0.2, -0.15) is 0 Å². The van der Waals surface area contributed by atoms with Crippen LogP contribution in [0.3, 0.4) is 0 Å². The first kappa shape index (κ1) is 16.7. The Balaban J connectivity index is 3.19. The summed E-state index contributed by atoms with van der Waals surface area (Å²) >= 11 is 11.2. The quantitative estimate of drug-likeness (QED) is 0.646. The highest BCUT2D eigenvalue weighted by Crippen LogP contribution is 2.28. The van der Waals surface area contributed by atoms with E-state index in [1.807, 2.05) is 24.8 Å². The molecule has 0 amide bonds. The molecule has 6 heteroatoms. The Morgan fingerprint density at radius 3 is 2.65 bits per heavy atom. The first-order valence-electron chi connectivity index (χ1n) is 6.39. The van der Waals surface area contributed by atoms with Crippen LogP contribution in [0, 0.1) is 0 Å². The summed E-state index contributed by atoms with van der Waals surface area (Å²) in [5.41, 5.74) is 7.08. The number of nitrogens with two attached hydrogens (primary N) is 1. The van der Waals surface area contributed by atoms with Gasteiger partial charge in [-0.25, -0.2) is 0 Å². The molecule has 0 spiro atoms. The van der Waals surface area contributed by atoms with Crippen LogP contribution in [-0.2, 0) is 9.53 Å². The van der Waals surface area contributed by atoms with Crippen molar-refractivity contribution in [3.8, 4) is 0 Å². The van der Waals surface area contributed by atoms with Gasteiger partial charge in [-0.1, -0.05) is 29.9 Å². The summed E-state index contributed by atoms with van der Waals surface area (Å²) in [7, 11) is 0. The summed E-state index contributed by atoms with van der Waals surface area (Å²) in [6.45, 7) is 6.20. The van der Waals surface area contributed by atoms with E-state index in [1.165, 1.54) is 0 Å². The number of carbonyl (C=O) groups excluding carboxylic acids is 1. The first-order chi connectivity index (χ1) is 9.38. The maximum Gasteiger partial charge on any atom is 0.325 e. The van der Waals surface area contributed by atoms with Crippen LogP contribution in [0.5, 0.6) is 0 Å². The zero-order valence-corrected chi connectivity index (χ0v) is 13.4. The fraction of sp³-hybridized carbons (Fsp3) is 0.429. The minimum Gasteiger partial charge on any atom is -0.465 e. The fourth-order valence-electron chi connectivity index (χ4n) is 1.89. The Morgan fingerprint density at radius 1 is 1.50 bits per heavy atom. The molecule has 0 atom stereocenters. The summed E-state index contributed by atoms with van der Waals surface area (Å²) < 4.78 is 5.00. The molecule has 4 nitrogen and oxygen atoms in total. The minimum atomic E-state index is -0.296. The van der Waals surface area contributed by atoms with Crippen molar-refractivity contribution in [3.05, 3.63) is 28.8 Å². The molecule has 0 saturated carbocycles. The van der Waals surface area contributed by atoms with E-state index in [1.54, 1.807) is 19.1 Å². The van der Waals surface area contributed by atoms with Gasteiger partial charge in [0.25, 0.3) is 0 Å². The van der Waals surface area contributed by atoms with Crippen molar-refractivity contribution in [1.29, 1.82) is 0 Å². The lowest BCUT2D eigenvalue weighted by atomic mass is 10.1. The van der Waals surface area contributed by atoms with E-state index in [2.05, 4.69) is 0 Å². The Morgan fingerprint density at radius 2 is 2.15 bits per heavy atom. The van der Waals surface area contributed by atoms with Gasteiger partial charge in [0.15, 0.2) is 0 Å². The molecule has 1 aromatic rings. The van der Waals surface area contributed by atoms with E-state index < -0.39 is 0 Å². The average molecular weight is 315 g/mol. The van der Waals surface area contributed by atoms with Gasteiger partial charge in [0.2, 0.25) is 0 Å². The predicted molar refractivity (Wildman–Crippen MR) is 86.5 cm³/mol. The highest BCUT2D eigenvalue weighted by molar-refractivity contribution is 7.80. The second-order valence-corrected chi connectivity index (χ2v) is 5.37. The molecule has 0 unspecified atom stereocenters. The number of carbonyl (C=O) groups is 1. The number of benzene rings is 1. The molecule has 110 valence electrons. The van der Waals surface area contributed by atoms with Gasteiger partial charge in [-0.05, 0) is 32.9 Å². The van der Waals surface area contributed by atoms with Crippen LogP contribution < -0.4 is 10.6 Å². The van der Waals surface area contributed by atoms with E-state index in [4.69, 9.17) is 34.3 Å². The molecule has 1 aromatic carbocycles. The lowest BCUT2D eigenvalue weighted by Gasteiger charge is -2.30. The number of halogens is 1. The first-order valence-corrected chi connectivity index (χ1v) is 7.17. The third-order valence-electron chi connectivity index (χ3n) is 2.78. The zero-order valence-electron chi connectivity index (χ0n) is 11.9. The van der Waals surface area contributed by atoms with Gasteiger partial charge >= 0.3 is 5.97 Å². The highest BCUT2D eigenvalue weighted by Gasteiger charge is 2.21. The molecule has 0 aliphatic rings. The normalized spacial score (nSPS) is 10.4. The lowest BCUT2D eigenvalue weighted by Crippen LogP contribution is -2.38. The molecule has 0 saturated heterocycles. The van der Waals surface area contributed by atoms with Gasteiger partial charge < -0.3 is 15.4 Å². The van der Waals surface area contributed by atoms with Gasteiger partial charge in [0.1, 0.15) is 11.5 Å². The number of esters is 1. The number of rotatable bonds is 6. The molecule has 2 N–H and O–H groups in total. The largest absolute Gasteiger partial charge is 0.465 e. The average Bonchev–Trinajstić information content (AvgIpc) is 2.35. The number of thiocarbonyl (C=S) groups is 1. The van der Waals surface area contributed by atoms with Crippen molar-refractivity contribution in [3.63, 3.8) is 0 Å². The Hall–Kier alpha value is -1.33. The van der Waals surface area contributed by atoms with Gasteiger partial charge in [0, 0.05) is 11.7 Å². The monoisotopic (exact) mass is 314 g/mol. The molecular formula is C14H19ClN2O2S. The van der Waals surface area contributed by atoms with E-state index >= 15 is 0 Å². The molecule has 0 radical (unpaired) electrons. The molecule has 1 rings (SSSR count). The van der Waals surface area contributed by atoms with Crippen LogP contribution in [0.2, 0.25) is 5.02 Å². The van der Waals surface area contributed by atoms with Gasteiger partial charge in [-0.3, -0.25) is 4.79 Å². The Bertz CT molecular complexity index is 506. The fourth-order valence-corrected chi connectivity index (χ4v) is 2.43. The van der Waals surface area contributed by atoms with E-state index in [9.17, 15) is 4.79 Å². The summed E-state index contributed by atoms with van der Waals surface area (Å²) in [5, 5.41) is 0.476. The third kappa shape index (κ3) is 4.08. The topological polar surface area (TPSA) is 55.6 Å². The molecule has 0 aliphatic carbocycles. The number of hydrogen-bond donors (Lipinski definition) is 1. The number of nitrogens with zero attached hydrogens (tertiary/aromatic N) is 1. The Kier molecular flexibility index (Phi) is 6.23. The predicted octanol–water partition coefficient (Wildman–Crippen LogP) is 2.75. The Labute approximate surface area is 129 Å². The smallest absolute Gasteiger partial charge is 0.325 e. The van der Waals surface area contributed by atoms with E-state index in [-0.39, 0.29) is 23.5 Å². The molecule has 0 heterocycles. The van der Waals surface area contributed by atoms with Crippen molar-refractivity contribution in [2.24, 2.45) is 5.73 Å². The summed E-state index contributed by atoms with van der Waals surface area (Å²) in [4.78, 5) is 13.8. The summed E-state index contributed by atoms with van der Waals surface area (Å²) in [6.07, 6.45) is 0. The lowest BCUT2D eigenvalue weighted by molar-refractivity contribution is -0.141. The summed E-state index contributed by atoms with van der Waals surface area (Å²) in [6, 6.07) is 5.45.